The number of rotatable bonds is 6. The molecule has 0 unspecified atom stereocenters. The highest BCUT2D eigenvalue weighted by Crippen LogP contribution is 2.01. The number of pyridine rings is 1. The Morgan fingerprint density at radius 2 is 2.15 bits per heavy atom. The minimum Gasteiger partial charge on any atom is -0.396 e. The van der Waals surface area contributed by atoms with Crippen LogP contribution in [0.2, 0.25) is 0 Å². The summed E-state index contributed by atoms with van der Waals surface area (Å²) in [6, 6.07) is 5.81. The molecule has 0 spiro atoms. The molecule has 0 bridgehead atoms. The summed E-state index contributed by atoms with van der Waals surface area (Å²) in [5.41, 5.74) is 0. The van der Waals surface area contributed by atoms with Gasteiger partial charge in [0.15, 0.2) is 0 Å². The normalized spacial score (nSPS) is 9.92. The smallest absolute Gasteiger partial charge is 0.125 e. The summed E-state index contributed by atoms with van der Waals surface area (Å²) >= 11 is 0. The first-order valence-electron chi connectivity index (χ1n) is 4.69. The van der Waals surface area contributed by atoms with Crippen molar-refractivity contribution in [3.63, 3.8) is 0 Å². The Hall–Kier alpha value is -1.09. The second-order valence-corrected chi connectivity index (χ2v) is 2.93. The lowest BCUT2D eigenvalue weighted by Gasteiger charge is -2.03. The van der Waals surface area contributed by atoms with Gasteiger partial charge in [0, 0.05) is 19.3 Å². The summed E-state index contributed by atoms with van der Waals surface area (Å²) in [5.74, 6) is 0.923. The van der Waals surface area contributed by atoms with Crippen molar-refractivity contribution < 1.29 is 5.11 Å². The molecule has 0 fully saturated rings. The second kappa shape index (κ2) is 6.43. The number of aliphatic hydroxyl groups is 1. The van der Waals surface area contributed by atoms with Gasteiger partial charge in [-0.1, -0.05) is 6.07 Å². The minimum atomic E-state index is 0.295. The predicted octanol–water partition coefficient (Wildman–Crippen LogP) is 1.66. The molecular weight excluding hydrogens is 164 g/mol. The molecule has 0 radical (unpaired) electrons. The molecular formula is C10H16N2O. The molecule has 0 aliphatic heterocycles. The van der Waals surface area contributed by atoms with Gasteiger partial charge in [0.1, 0.15) is 5.82 Å². The fourth-order valence-corrected chi connectivity index (χ4v) is 1.10. The van der Waals surface area contributed by atoms with E-state index in [0.717, 1.165) is 31.6 Å². The van der Waals surface area contributed by atoms with E-state index in [0.29, 0.717) is 6.61 Å². The van der Waals surface area contributed by atoms with Crippen LogP contribution < -0.4 is 5.32 Å². The van der Waals surface area contributed by atoms with E-state index in [9.17, 15) is 0 Å². The molecule has 1 aromatic rings. The Labute approximate surface area is 78.8 Å². The van der Waals surface area contributed by atoms with Crippen LogP contribution in [-0.2, 0) is 0 Å². The van der Waals surface area contributed by atoms with Crippen molar-refractivity contribution in [2.24, 2.45) is 0 Å². The average molecular weight is 180 g/mol. The fraction of sp³-hybridized carbons (Fsp3) is 0.500. The standard InChI is InChI=1S/C10H16N2O/c13-9-5-1-3-7-11-10-6-2-4-8-12-10/h2,4,6,8,13H,1,3,5,7,9H2,(H,11,12). The van der Waals surface area contributed by atoms with Gasteiger partial charge in [-0.15, -0.1) is 0 Å². The zero-order chi connectivity index (χ0) is 9.36. The Morgan fingerprint density at radius 1 is 1.23 bits per heavy atom. The molecule has 1 rings (SSSR count). The fourth-order valence-electron chi connectivity index (χ4n) is 1.10. The molecule has 0 saturated carbocycles. The van der Waals surface area contributed by atoms with Crippen molar-refractivity contribution in [1.82, 2.24) is 4.98 Å². The third kappa shape index (κ3) is 4.48. The number of aromatic nitrogens is 1. The quantitative estimate of drug-likeness (QED) is 0.654. The van der Waals surface area contributed by atoms with Crippen LogP contribution in [0.4, 0.5) is 5.82 Å². The molecule has 0 atom stereocenters. The van der Waals surface area contributed by atoms with Gasteiger partial charge < -0.3 is 10.4 Å². The molecule has 1 heterocycles. The van der Waals surface area contributed by atoms with Crippen LogP contribution in [0, 0.1) is 0 Å². The number of hydrogen-bond acceptors (Lipinski definition) is 3. The number of aliphatic hydroxyl groups excluding tert-OH is 1. The first-order valence-corrected chi connectivity index (χ1v) is 4.69. The molecule has 3 nitrogen and oxygen atoms in total. The summed E-state index contributed by atoms with van der Waals surface area (Å²) < 4.78 is 0. The zero-order valence-electron chi connectivity index (χ0n) is 7.74. The highest BCUT2D eigenvalue weighted by molar-refractivity contribution is 5.32. The van der Waals surface area contributed by atoms with Crippen LogP contribution in [0.15, 0.2) is 24.4 Å². The Morgan fingerprint density at radius 3 is 2.85 bits per heavy atom. The molecule has 72 valence electrons. The van der Waals surface area contributed by atoms with Crippen molar-refractivity contribution >= 4 is 5.82 Å². The molecule has 0 aromatic carbocycles. The zero-order valence-corrected chi connectivity index (χ0v) is 7.74. The molecule has 1 aromatic heterocycles. The lowest BCUT2D eigenvalue weighted by molar-refractivity contribution is 0.283. The Balaban J connectivity index is 2.07. The Kier molecular flexibility index (Phi) is 4.94. The molecule has 0 saturated heterocycles. The number of nitrogens with one attached hydrogen (secondary N) is 1. The van der Waals surface area contributed by atoms with Gasteiger partial charge in [-0.25, -0.2) is 4.98 Å². The van der Waals surface area contributed by atoms with E-state index >= 15 is 0 Å². The lowest BCUT2D eigenvalue weighted by Crippen LogP contribution is -2.02. The number of anilines is 1. The van der Waals surface area contributed by atoms with Crippen LogP contribution in [0.25, 0.3) is 0 Å². The van der Waals surface area contributed by atoms with Gasteiger partial charge in [-0.05, 0) is 31.4 Å². The molecule has 0 amide bonds. The van der Waals surface area contributed by atoms with Gasteiger partial charge in [-0.2, -0.15) is 0 Å². The van der Waals surface area contributed by atoms with Gasteiger partial charge >= 0.3 is 0 Å². The van der Waals surface area contributed by atoms with E-state index in [1.54, 1.807) is 6.20 Å². The van der Waals surface area contributed by atoms with Crippen LogP contribution in [-0.4, -0.2) is 23.2 Å². The van der Waals surface area contributed by atoms with Crippen molar-refractivity contribution in [3.8, 4) is 0 Å². The molecule has 3 heteroatoms. The number of hydrogen-bond donors (Lipinski definition) is 2. The SMILES string of the molecule is OCCCCCNc1ccccn1. The Bertz CT molecular complexity index is 213. The van der Waals surface area contributed by atoms with E-state index in [-0.39, 0.29) is 0 Å². The lowest BCUT2D eigenvalue weighted by atomic mass is 10.2. The summed E-state index contributed by atoms with van der Waals surface area (Å²) in [6.07, 6.45) is 4.81. The maximum Gasteiger partial charge on any atom is 0.125 e. The molecule has 13 heavy (non-hydrogen) atoms. The maximum absolute atomic E-state index is 8.55. The number of nitrogens with zero attached hydrogens (tertiary/aromatic N) is 1. The van der Waals surface area contributed by atoms with Crippen molar-refractivity contribution in [1.29, 1.82) is 0 Å². The van der Waals surface area contributed by atoms with E-state index in [4.69, 9.17) is 5.11 Å². The van der Waals surface area contributed by atoms with Crippen LogP contribution in [0.3, 0.4) is 0 Å². The van der Waals surface area contributed by atoms with Crippen LogP contribution in [0.5, 0.6) is 0 Å². The van der Waals surface area contributed by atoms with E-state index in [1.807, 2.05) is 18.2 Å². The summed E-state index contributed by atoms with van der Waals surface area (Å²) in [7, 11) is 0. The highest BCUT2D eigenvalue weighted by Gasteiger charge is 1.90. The van der Waals surface area contributed by atoms with Gasteiger partial charge in [0.2, 0.25) is 0 Å². The number of unbranched alkanes of at least 4 members (excludes halogenated alkanes) is 2. The van der Waals surface area contributed by atoms with E-state index < -0.39 is 0 Å². The maximum atomic E-state index is 8.55. The predicted molar refractivity (Wildman–Crippen MR) is 53.7 cm³/mol. The molecule has 0 aliphatic rings. The first-order chi connectivity index (χ1) is 6.43. The van der Waals surface area contributed by atoms with E-state index in [2.05, 4.69) is 10.3 Å². The van der Waals surface area contributed by atoms with Gasteiger partial charge in [-0.3, -0.25) is 0 Å². The second-order valence-electron chi connectivity index (χ2n) is 2.93. The van der Waals surface area contributed by atoms with Crippen LogP contribution in [0.1, 0.15) is 19.3 Å². The summed E-state index contributed by atoms with van der Waals surface area (Å²) in [6.45, 7) is 1.22. The van der Waals surface area contributed by atoms with Gasteiger partial charge in [0.25, 0.3) is 0 Å². The van der Waals surface area contributed by atoms with Crippen molar-refractivity contribution in [2.75, 3.05) is 18.5 Å². The third-order valence-corrected chi connectivity index (χ3v) is 1.81. The first kappa shape index (κ1) is 9.99. The van der Waals surface area contributed by atoms with Crippen molar-refractivity contribution in [3.05, 3.63) is 24.4 Å². The van der Waals surface area contributed by atoms with Crippen LogP contribution >= 0.6 is 0 Å². The summed E-state index contributed by atoms with van der Waals surface area (Å²) in [5, 5.41) is 11.8. The third-order valence-electron chi connectivity index (χ3n) is 1.81. The minimum absolute atomic E-state index is 0.295. The molecule has 0 aliphatic carbocycles. The summed E-state index contributed by atoms with van der Waals surface area (Å²) in [4.78, 5) is 4.14. The topological polar surface area (TPSA) is 45.1 Å². The molecule has 2 N–H and O–H groups in total. The monoisotopic (exact) mass is 180 g/mol. The van der Waals surface area contributed by atoms with Gasteiger partial charge in [0.05, 0.1) is 0 Å². The average Bonchev–Trinajstić information content (AvgIpc) is 2.19. The highest BCUT2D eigenvalue weighted by atomic mass is 16.2. The largest absolute Gasteiger partial charge is 0.396 e. The van der Waals surface area contributed by atoms with E-state index in [1.165, 1.54) is 0 Å². The van der Waals surface area contributed by atoms with Crippen molar-refractivity contribution in [2.45, 2.75) is 19.3 Å².